The molecule has 1 saturated heterocycles. The molecule has 1 aliphatic heterocycles. The second-order valence-corrected chi connectivity index (χ2v) is 7.54. The Bertz CT molecular complexity index is 1050. The maximum atomic E-state index is 13.0. The molecule has 158 valence electrons. The number of benzene rings is 2. The van der Waals surface area contributed by atoms with E-state index in [0.29, 0.717) is 41.1 Å². The van der Waals surface area contributed by atoms with Gasteiger partial charge in [-0.05, 0) is 31.0 Å². The molecule has 30 heavy (non-hydrogen) atoms. The number of rotatable bonds is 8. The largest absolute Gasteiger partial charge is 0.493 e. The molecule has 1 aromatic heterocycles. The van der Waals surface area contributed by atoms with E-state index in [-0.39, 0.29) is 11.5 Å². The van der Waals surface area contributed by atoms with Gasteiger partial charge in [0.25, 0.3) is 0 Å². The lowest BCUT2D eigenvalue weighted by molar-refractivity contribution is 0.0673. The van der Waals surface area contributed by atoms with Crippen molar-refractivity contribution in [1.82, 2.24) is 4.90 Å². The second-order valence-electron chi connectivity index (χ2n) is 7.54. The Morgan fingerprint density at radius 1 is 1.03 bits per heavy atom. The van der Waals surface area contributed by atoms with E-state index < -0.39 is 0 Å². The van der Waals surface area contributed by atoms with E-state index in [1.807, 2.05) is 36.4 Å². The molecule has 0 bridgehead atoms. The number of methoxy groups -OCH3 is 2. The summed E-state index contributed by atoms with van der Waals surface area (Å²) in [5.41, 5.74) is 2.24. The zero-order chi connectivity index (χ0) is 20.9. The predicted molar refractivity (Wildman–Crippen MR) is 115 cm³/mol. The first-order valence-electron chi connectivity index (χ1n) is 10.2. The van der Waals surface area contributed by atoms with Crippen LogP contribution in [0.25, 0.3) is 11.0 Å². The van der Waals surface area contributed by atoms with E-state index in [4.69, 9.17) is 18.6 Å². The second kappa shape index (κ2) is 9.32. The molecule has 0 saturated carbocycles. The molecule has 0 N–H and O–H groups in total. The third kappa shape index (κ3) is 4.35. The van der Waals surface area contributed by atoms with Crippen LogP contribution in [0.15, 0.2) is 57.9 Å². The zero-order valence-electron chi connectivity index (χ0n) is 17.4. The lowest BCUT2D eigenvalue weighted by atomic mass is 10.1. The summed E-state index contributed by atoms with van der Waals surface area (Å²) in [4.78, 5) is 15.2. The van der Waals surface area contributed by atoms with Crippen molar-refractivity contribution in [3.05, 3.63) is 70.1 Å². The lowest BCUT2D eigenvalue weighted by Crippen LogP contribution is -2.33. The van der Waals surface area contributed by atoms with Gasteiger partial charge < -0.3 is 18.6 Å². The van der Waals surface area contributed by atoms with Gasteiger partial charge in [-0.2, -0.15) is 0 Å². The van der Waals surface area contributed by atoms with E-state index in [1.165, 1.54) is 0 Å². The van der Waals surface area contributed by atoms with Crippen LogP contribution in [0.4, 0.5) is 0 Å². The fourth-order valence-corrected chi connectivity index (χ4v) is 4.05. The Balaban J connectivity index is 1.64. The highest BCUT2D eigenvalue weighted by atomic mass is 16.5. The average molecular weight is 409 g/mol. The molecule has 1 atom stereocenters. The van der Waals surface area contributed by atoms with Crippen molar-refractivity contribution in [2.45, 2.75) is 32.0 Å². The molecule has 4 rings (SSSR count). The van der Waals surface area contributed by atoms with E-state index >= 15 is 0 Å². The first-order valence-corrected chi connectivity index (χ1v) is 10.2. The molecule has 2 heterocycles. The summed E-state index contributed by atoms with van der Waals surface area (Å²) in [6.45, 7) is 2.59. The van der Waals surface area contributed by atoms with Gasteiger partial charge in [0.2, 0.25) is 0 Å². The summed E-state index contributed by atoms with van der Waals surface area (Å²) in [5, 5.41) is 0.603. The van der Waals surface area contributed by atoms with Gasteiger partial charge in [0.05, 0.1) is 32.0 Å². The van der Waals surface area contributed by atoms with Crippen LogP contribution in [0, 0.1) is 0 Å². The first kappa shape index (κ1) is 20.4. The van der Waals surface area contributed by atoms with Gasteiger partial charge in [-0.3, -0.25) is 9.69 Å². The standard InChI is InChI=1S/C24H27NO5/c1-27-22-11-5-7-17(24(22)28-2)13-25(15-19-8-6-12-29-19)14-18-16-30-21-10-4-3-9-20(21)23(18)26/h3-5,7,9-11,16,19H,6,8,12-15H2,1-2H3. The Hall–Kier alpha value is -2.83. The van der Waals surface area contributed by atoms with Crippen molar-refractivity contribution in [2.75, 3.05) is 27.4 Å². The number of ether oxygens (including phenoxy) is 3. The van der Waals surface area contributed by atoms with E-state index in [0.717, 1.165) is 31.6 Å². The molecule has 0 radical (unpaired) electrons. The maximum absolute atomic E-state index is 13.0. The van der Waals surface area contributed by atoms with Crippen molar-refractivity contribution in [3.63, 3.8) is 0 Å². The van der Waals surface area contributed by atoms with Crippen LogP contribution in [0.2, 0.25) is 0 Å². The van der Waals surface area contributed by atoms with Crippen molar-refractivity contribution in [1.29, 1.82) is 0 Å². The van der Waals surface area contributed by atoms with Gasteiger partial charge in [-0.25, -0.2) is 0 Å². The number of hydrogen-bond acceptors (Lipinski definition) is 6. The fraction of sp³-hybridized carbons (Fsp3) is 0.375. The van der Waals surface area contributed by atoms with Crippen LogP contribution < -0.4 is 14.9 Å². The van der Waals surface area contributed by atoms with Gasteiger partial charge in [-0.15, -0.1) is 0 Å². The van der Waals surface area contributed by atoms with Crippen molar-refractivity contribution in [2.24, 2.45) is 0 Å². The molecule has 2 aromatic carbocycles. The number of fused-ring (bicyclic) bond motifs is 1. The number of para-hydroxylation sites is 2. The highest BCUT2D eigenvalue weighted by Gasteiger charge is 2.22. The molecule has 0 aliphatic carbocycles. The molecular formula is C24H27NO5. The molecule has 6 nitrogen and oxygen atoms in total. The SMILES string of the molecule is COc1cccc(CN(Cc2coc3ccccc3c2=O)CC2CCCO2)c1OC. The van der Waals surface area contributed by atoms with Crippen LogP contribution in [0.5, 0.6) is 11.5 Å². The third-order valence-electron chi connectivity index (χ3n) is 5.51. The van der Waals surface area contributed by atoms with Crippen molar-refractivity contribution in [3.8, 4) is 11.5 Å². The van der Waals surface area contributed by atoms with Crippen LogP contribution in [0.1, 0.15) is 24.0 Å². The average Bonchev–Trinajstić information content (AvgIpc) is 3.28. The molecule has 0 amide bonds. The summed E-state index contributed by atoms with van der Waals surface area (Å²) in [7, 11) is 3.27. The molecule has 6 heteroatoms. The molecule has 1 aliphatic rings. The topological polar surface area (TPSA) is 61.1 Å². The number of hydrogen-bond donors (Lipinski definition) is 0. The lowest BCUT2D eigenvalue weighted by Gasteiger charge is -2.26. The van der Waals surface area contributed by atoms with E-state index in [1.54, 1.807) is 26.5 Å². The molecule has 1 fully saturated rings. The normalized spacial score (nSPS) is 16.3. The summed E-state index contributed by atoms with van der Waals surface area (Å²) in [5.74, 6) is 1.40. The molecule has 0 spiro atoms. The maximum Gasteiger partial charge on any atom is 0.197 e. The summed E-state index contributed by atoms with van der Waals surface area (Å²) < 4.78 is 22.6. The highest BCUT2D eigenvalue weighted by molar-refractivity contribution is 5.76. The minimum Gasteiger partial charge on any atom is -0.493 e. The predicted octanol–water partition coefficient (Wildman–Crippen LogP) is 3.99. The fourth-order valence-electron chi connectivity index (χ4n) is 4.05. The van der Waals surface area contributed by atoms with Crippen molar-refractivity contribution >= 4 is 11.0 Å². The van der Waals surface area contributed by atoms with Gasteiger partial charge in [-0.1, -0.05) is 24.3 Å². The van der Waals surface area contributed by atoms with Crippen molar-refractivity contribution < 1.29 is 18.6 Å². The number of nitrogens with zero attached hydrogens (tertiary/aromatic N) is 1. The summed E-state index contributed by atoms with van der Waals surface area (Å²) in [6.07, 6.45) is 3.83. The van der Waals surface area contributed by atoms with Crippen LogP contribution in [0.3, 0.4) is 0 Å². The van der Waals surface area contributed by atoms with E-state index in [2.05, 4.69) is 4.90 Å². The van der Waals surface area contributed by atoms with E-state index in [9.17, 15) is 4.79 Å². The van der Waals surface area contributed by atoms with Gasteiger partial charge >= 0.3 is 0 Å². The smallest absolute Gasteiger partial charge is 0.197 e. The molecular weight excluding hydrogens is 382 g/mol. The Labute approximate surface area is 176 Å². The van der Waals surface area contributed by atoms with Crippen LogP contribution in [-0.2, 0) is 17.8 Å². The first-order chi connectivity index (χ1) is 14.7. The Morgan fingerprint density at radius 3 is 2.63 bits per heavy atom. The quantitative estimate of drug-likeness (QED) is 0.561. The van der Waals surface area contributed by atoms with Gasteiger partial charge in [0, 0.05) is 37.4 Å². The van der Waals surface area contributed by atoms with Crippen LogP contribution >= 0.6 is 0 Å². The van der Waals surface area contributed by atoms with Crippen LogP contribution in [-0.4, -0.2) is 38.4 Å². The highest BCUT2D eigenvalue weighted by Crippen LogP contribution is 2.32. The van der Waals surface area contributed by atoms with Gasteiger partial charge in [0.1, 0.15) is 5.58 Å². The summed E-state index contributed by atoms with van der Waals surface area (Å²) >= 11 is 0. The third-order valence-corrected chi connectivity index (χ3v) is 5.51. The Kier molecular flexibility index (Phi) is 6.35. The monoisotopic (exact) mass is 409 g/mol. The summed E-state index contributed by atoms with van der Waals surface area (Å²) in [6, 6.07) is 13.2. The molecule has 1 unspecified atom stereocenters. The minimum atomic E-state index is 0.00629. The molecule has 3 aromatic rings. The minimum absolute atomic E-state index is 0.00629. The Morgan fingerprint density at radius 2 is 1.87 bits per heavy atom. The van der Waals surface area contributed by atoms with Gasteiger partial charge in [0.15, 0.2) is 16.9 Å². The zero-order valence-corrected chi connectivity index (χ0v) is 17.4.